The van der Waals surface area contributed by atoms with Crippen LogP contribution in [0.15, 0.2) is 77.7 Å². The average Bonchev–Trinajstić information content (AvgIpc) is 3.71. The molecule has 0 unspecified atom stereocenters. The number of carbonyl (C=O) groups excluding carboxylic acids is 2. The number of rotatable bonds is 17. The molecular weight excluding hydrogens is 849 g/mol. The maximum atomic E-state index is 14.2. The second kappa shape index (κ2) is 20.0. The molecule has 1 fully saturated rings. The fourth-order valence-electron chi connectivity index (χ4n) is 8.59. The SMILES string of the molecule is CCCCOC(=O)c1c(-c2ccccc2COc2ccc(C[C@H]3[C@@H](CN(CC(C)C)S(=O)(=O)c4ccc(OC)cc4)OC(C)(C)N3C(=O)OC(C)(C)C)cc2)sc2c1CC(C)(C)CC2. The standard InChI is InChI=1S/C51H68N2O9S2/c1-12-13-28-59-47(54)45-41-30-50(7,8)27-26-44(41)63-46(45)40-17-15-14-16-36(40)33-60-38-20-18-35(19-21-38)29-42-43(61-51(9,10)53(42)48(55)62-49(4,5)6)32-52(31-34(2)3)64(56,57)39-24-22-37(58-11)23-25-39/h14-25,34,42-43H,12-13,26-33H2,1-11H3/t42-,43+/m0/s1. The van der Waals surface area contributed by atoms with Crippen LogP contribution in [0.2, 0.25) is 0 Å². The maximum absolute atomic E-state index is 14.2. The number of benzene rings is 3. The van der Waals surface area contributed by atoms with Gasteiger partial charge in [0.25, 0.3) is 0 Å². The topological polar surface area (TPSA) is 121 Å². The Labute approximate surface area is 385 Å². The highest BCUT2D eigenvalue weighted by molar-refractivity contribution is 7.89. The zero-order valence-corrected chi connectivity index (χ0v) is 41.2. The van der Waals surface area contributed by atoms with Crippen molar-refractivity contribution in [3.63, 3.8) is 0 Å². The number of aryl methyl sites for hydroxylation is 1. The minimum atomic E-state index is -3.96. The van der Waals surface area contributed by atoms with Crippen molar-refractivity contribution < 1.29 is 41.7 Å². The minimum Gasteiger partial charge on any atom is -0.497 e. The maximum Gasteiger partial charge on any atom is 0.412 e. The van der Waals surface area contributed by atoms with E-state index in [9.17, 15) is 18.0 Å². The molecule has 1 aromatic heterocycles. The Morgan fingerprint density at radius 3 is 2.28 bits per heavy atom. The first-order valence-corrected chi connectivity index (χ1v) is 24.8. The number of nitrogens with zero attached hydrogens (tertiary/aromatic N) is 2. The monoisotopic (exact) mass is 916 g/mol. The quantitative estimate of drug-likeness (QED) is 0.0753. The Morgan fingerprint density at radius 1 is 0.969 bits per heavy atom. The normalized spacial score (nSPS) is 18.2. The molecule has 13 heteroatoms. The largest absolute Gasteiger partial charge is 0.497 e. The highest BCUT2D eigenvalue weighted by atomic mass is 32.2. The lowest BCUT2D eigenvalue weighted by molar-refractivity contribution is -0.0807. The molecule has 1 aliphatic heterocycles. The minimum absolute atomic E-state index is 0.0134. The summed E-state index contributed by atoms with van der Waals surface area (Å²) in [5, 5.41) is 0. The molecule has 1 aliphatic carbocycles. The van der Waals surface area contributed by atoms with Gasteiger partial charge in [-0.2, -0.15) is 4.31 Å². The van der Waals surface area contributed by atoms with E-state index in [1.807, 2.05) is 90.9 Å². The van der Waals surface area contributed by atoms with Gasteiger partial charge in [-0.1, -0.05) is 77.4 Å². The highest BCUT2D eigenvalue weighted by Gasteiger charge is 2.52. The van der Waals surface area contributed by atoms with Gasteiger partial charge in [0.2, 0.25) is 10.0 Å². The Morgan fingerprint density at radius 2 is 1.64 bits per heavy atom. The first-order chi connectivity index (χ1) is 30.1. The molecule has 348 valence electrons. The number of ether oxygens (including phenoxy) is 5. The summed E-state index contributed by atoms with van der Waals surface area (Å²) in [5.74, 6) is 0.974. The molecule has 1 amide bonds. The molecule has 64 heavy (non-hydrogen) atoms. The lowest BCUT2D eigenvalue weighted by Crippen LogP contribution is -2.52. The molecule has 0 spiro atoms. The van der Waals surface area contributed by atoms with Gasteiger partial charge >= 0.3 is 12.1 Å². The zero-order chi connectivity index (χ0) is 46.6. The first kappa shape index (κ1) is 49.0. The van der Waals surface area contributed by atoms with Crippen molar-refractivity contribution in [2.45, 2.75) is 143 Å². The second-order valence-corrected chi connectivity index (χ2v) is 22.8. The summed E-state index contributed by atoms with van der Waals surface area (Å²) in [6, 6.07) is 21.6. The van der Waals surface area contributed by atoms with Crippen LogP contribution in [-0.4, -0.2) is 80.0 Å². The molecule has 2 atom stereocenters. The van der Waals surface area contributed by atoms with Crippen molar-refractivity contribution in [1.82, 2.24) is 9.21 Å². The number of thiophene rings is 1. The van der Waals surface area contributed by atoms with Gasteiger partial charge in [-0.3, -0.25) is 4.90 Å². The van der Waals surface area contributed by atoms with Gasteiger partial charge < -0.3 is 23.7 Å². The van der Waals surface area contributed by atoms with E-state index in [1.165, 1.54) is 16.3 Å². The molecule has 0 saturated carbocycles. The van der Waals surface area contributed by atoms with E-state index in [-0.39, 0.29) is 41.9 Å². The van der Waals surface area contributed by atoms with Crippen molar-refractivity contribution in [1.29, 1.82) is 0 Å². The van der Waals surface area contributed by atoms with Crippen molar-refractivity contribution in [3.8, 4) is 21.9 Å². The van der Waals surface area contributed by atoms with E-state index in [1.54, 1.807) is 40.5 Å². The van der Waals surface area contributed by atoms with Crippen LogP contribution in [0.4, 0.5) is 4.79 Å². The number of carbonyl (C=O) groups is 2. The number of esters is 1. The third kappa shape index (κ3) is 11.7. The predicted octanol–water partition coefficient (Wildman–Crippen LogP) is 11.1. The predicted molar refractivity (Wildman–Crippen MR) is 253 cm³/mol. The molecule has 0 radical (unpaired) electrons. The lowest BCUT2D eigenvalue weighted by Gasteiger charge is -2.35. The Hall–Kier alpha value is -4.43. The molecule has 11 nitrogen and oxygen atoms in total. The van der Waals surface area contributed by atoms with E-state index in [0.29, 0.717) is 30.1 Å². The number of unbranched alkanes of at least 4 members (excludes halogenated alkanes) is 1. The Kier molecular flexibility index (Phi) is 15.3. The van der Waals surface area contributed by atoms with Gasteiger partial charge in [-0.05, 0) is 137 Å². The molecule has 0 bridgehead atoms. The van der Waals surface area contributed by atoms with Crippen LogP contribution in [-0.2, 0) is 50.1 Å². The van der Waals surface area contributed by atoms with Crippen molar-refractivity contribution >= 4 is 33.4 Å². The number of sulfonamides is 1. The number of fused-ring (bicyclic) bond motifs is 1. The molecule has 1 saturated heterocycles. The fraction of sp³-hybridized carbons (Fsp3) is 0.529. The summed E-state index contributed by atoms with van der Waals surface area (Å²) in [6.45, 7) is 20.6. The van der Waals surface area contributed by atoms with Gasteiger partial charge in [-0.25, -0.2) is 18.0 Å². The van der Waals surface area contributed by atoms with Crippen LogP contribution < -0.4 is 9.47 Å². The van der Waals surface area contributed by atoms with Crippen LogP contribution in [0.5, 0.6) is 11.5 Å². The van der Waals surface area contributed by atoms with Crippen LogP contribution in [0.25, 0.3) is 10.4 Å². The molecule has 4 aromatic rings. The molecule has 2 heterocycles. The summed E-state index contributed by atoms with van der Waals surface area (Å²) >= 11 is 1.70. The number of amides is 1. The molecule has 6 rings (SSSR count). The summed E-state index contributed by atoms with van der Waals surface area (Å²) in [7, 11) is -2.42. The van der Waals surface area contributed by atoms with Gasteiger partial charge in [-0.15, -0.1) is 11.3 Å². The fourth-order valence-corrected chi connectivity index (χ4v) is 11.6. The van der Waals surface area contributed by atoms with Crippen molar-refractivity contribution in [2.75, 3.05) is 26.8 Å². The van der Waals surface area contributed by atoms with Crippen molar-refractivity contribution in [3.05, 3.63) is 99.9 Å². The third-order valence-electron chi connectivity index (χ3n) is 11.8. The summed E-state index contributed by atoms with van der Waals surface area (Å²) in [6.07, 6.45) is 3.75. The van der Waals surface area contributed by atoms with Crippen molar-refractivity contribution in [2.24, 2.45) is 11.3 Å². The average molecular weight is 917 g/mol. The Balaban J connectivity index is 1.25. The lowest BCUT2D eigenvalue weighted by atomic mass is 9.76. The van der Waals surface area contributed by atoms with Gasteiger partial charge in [0.05, 0.1) is 36.3 Å². The first-order valence-electron chi connectivity index (χ1n) is 22.6. The number of hydrogen-bond donors (Lipinski definition) is 0. The Bertz CT molecular complexity index is 2350. The van der Waals surface area contributed by atoms with E-state index >= 15 is 0 Å². The van der Waals surface area contributed by atoms with E-state index in [0.717, 1.165) is 59.2 Å². The van der Waals surface area contributed by atoms with Crippen LogP contribution >= 0.6 is 11.3 Å². The summed E-state index contributed by atoms with van der Waals surface area (Å²) < 4.78 is 60.1. The highest BCUT2D eigenvalue weighted by Crippen LogP contribution is 2.46. The molecule has 2 aliphatic rings. The molecular formula is C51H68N2O9S2. The van der Waals surface area contributed by atoms with E-state index in [4.69, 9.17) is 23.7 Å². The number of methoxy groups -OCH3 is 1. The molecule has 3 aromatic carbocycles. The van der Waals surface area contributed by atoms with Crippen LogP contribution in [0.3, 0.4) is 0 Å². The summed E-state index contributed by atoms with van der Waals surface area (Å²) in [4.78, 5) is 31.8. The zero-order valence-electron chi connectivity index (χ0n) is 39.6. The van der Waals surface area contributed by atoms with Crippen LogP contribution in [0.1, 0.15) is 120 Å². The van der Waals surface area contributed by atoms with Gasteiger partial charge in [0.15, 0.2) is 0 Å². The van der Waals surface area contributed by atoms with E-state index in [2.05, 4.69) is 26.8 Å². The second-order valence-electron chi connectivity index (χ2n) is 19.7. The molecule has 0 N–H and O–H groups in total. The van der Waals surface area contributed by atoms with E-state index < -0.39 is 39.6 Å². The van der Waals surface area contributed by atoms with Gasteiger partial charge in [0, 0.05) is 22.8 Å². The summed E-state index contributed by atoms with van der Waals surface area (Å²) in [5.41, 5.74) is 2.88. The third-order valence-corrected chi connectivity index (χ3v) is 14.9. The number of hydrogen-bond acceptors (Lipinski definition) is 10. The van der Waals surface area contributed by atoms with Crippen LogP contribution in [0, 0.1) is 11.3 Å². The van der Waals surface area contributed by atoms with Gasteiger partial charge in [0.1, 0.15) is 29.4 Å². The smallest absolute Gasteiger partial charge is 0.412 e.